The largest absolute Gasteiger partial charge is 0.497 e. The first-order valence-electron chi connectivity index (χ1n) is 5.79. The molecule has 0 aliphatic rings. The number of rotatable bonds is 7. The van der Waals surface area contributed by atoms with Gasteiger partial charge >= 0.3 is 0 Å². The lowest BCUT2D eigenvalue weighted by molar-refractivity contribution is 0.276. The summed E-state index contributed by atoms with van der Waals surface area (Å²) < 4.78 is 10.7. The van der Waals surface area contributed by atoms with Crippen LogP contribution in [-0.4, -0.2) is 45.3 Å². The monoisotopic (exact) mass is 238 g/mol. The molecule has 4 heteroatoms. The minimum atomic E-state index is 0.156. The van der Waals surface area contributed by atoms with E-state index in [1.54, 1.807) is 7.11 Å². The van der Waals surface area contributed by atoms with E-state index in [1.807, 2.05) is 38.4 Å². The van der Waals surface area contributed by atoms with Crippen LogP contribution in [0.25, 0.3) is 0 Å². The molecule has 0 bridgehead atoms. The van der Waals surface area contributed by atoms with E-state index in [1.165, 1.54) is 0 Å². The van der Waals surface area contributed by atoms with Crippen molar-refractivity contribution in [1.82, 2.24) is 4.90 Å². The van der Waals surface area contributed by atoms with Gasteiger partial charge in [-0.15, -0.1) is 0 Å². The molecule has 0 amide bonds. The van der Waals surface area contributed by atoms with E-state index in [2.05, 4.69) is 4.90 Å². The van der Waals surface area contributed by atoms with Crippen LogP contribution in [0.1, 0.15) is 6.42 Å². The van der Waals surface area contributed by atoms with Crippen molar-refractivity contribution in [2.24, 2.45) is 5.73 Å². The fourth-order valence-corrected chi connectivity index (χ4v) is 1.56. The highest BCUT2D eigenvalue weighted by atomic mass is 16.5. The number of hydrogen-bond donors (Lipinski definition) is 1. The van der Waals surface area contributed by atoms with Crippen LogP contribution in [0.3, 0.4) is 0 Å². The highest BCUT2D eigenvalue weighted by molar-refractivity contribution is 5.31. The molecule has 2 N–H and O–H groups in total. The van der Waals surface area contributed by atoms with Gasteiger partial charge in [0.1, 0.15) is 11.5 Å². The number of nitrogens with zero attached hydrogens (tertiary/aromatic N) is 1. The average Bonchev–Trinajstić information content (AvgIpc) is 2.29. The van der Waals surface area contributed by atoms with Gasteiger partial charge < -0.3 is 20.1 Å². The van der Waals surface area contributed by atoms with Crippen molar-refractivity contribution >= 4 is 0 Å². The highest BCUT2D eigenvalue weighted by Crippen LogP contribution is 2.17. The van der Waals surface area contributed by atoms with Crippen LogP contribution >= 0.6 is 0 Å². The minimum Gasteiger partial charge on any atom is -0.497 e. The van der Waals surface area contributed by atoms with Crippen LogP contribution in [0.15, 0.2) is 24.3 Å². The maximum Gasteiger partial charge on any atom is 0.119 e. The number of likely N-dealkylation sites (N-methyl/N-ethyl adjacent to an activating group) is 1. The molecule has 1 unspecified atom stereocenters. The third-order valence-corrected chi connectivity index (χ3v) is 2.42. The maximum atomic E-state index is 5.94. The van der Waals surface area contributed by atoms with E-state index < -0.39 is 0 Å². The summed E-state index contributed by atoms with van der Waals surface area (Å²) in [7, 11) is 5.69. The van der Waals surface area contributed by atoms with Crippen molar-refractivity contribution in [3.8, 4) is 11.5 Å². The Morgan fingerprint density at radius 3 is 2.29 bits per heavy atom. The van der Waals surface area contributed by atoms with Gasteiger partial charge in [0.2, 0.25) is 0 Å². The predicted molar refractivity (Wildman–Crippen MR) is 69.6 cm³/mol. The molecule has 0 radical (unpaired) electrons. The Labute approximate surface area is 103 Å². The third-order valence-electron chi connectivity index (χ3n) is 2.42. The summed E-state index contributed by atoms with van der Waals surface area (Å²) in [6, 6.07) is 7.72. The zero-order valence-corrected chi connectivity index (χ0v) is 10.8. The van der Waals surface area contributed by atoms with Crippen molar-refractivity contribution in [2.75, 3.05) is 34.4 Å². The Hall–Kier alpha value is -1.26. The van der Waals surface area contributed by atoms with Crippen molar-refractivity contribution in [1.29, 1.82) is 0 Å². The van der Waals surface area contributed by atoms with Gasteiger partial charge in [0.05, 0.1) is 13.7 Å². The molecule has 0 aliphatic carbocycles. The van der Waals surface area contributed by atoms with E-state index >= 15 is 0 Å². The predicted octanol–water partition coefficient (Wildman–Crippen LogP) is 1.35. The van der Waals surface area contributed by atoms with E-state index in [0.717, 1.165) is 24.5 Å². The van der Waals surface area contributed by atoms with E-state index in [0.29, 0.717) is 6.61 Å². The number of nitrogens with two attached hydrogens (primary N) is 1. The summed E-state index contributed by atoms with van der Waals surface area (Å²) >= 11 is 0. The zero-order valence-electron chi connectivity index (χ0n) is 10.8. The Kier molecular flexibility index (Phi) is 5.80. The molecular weight excluding hydrogens is 216 g/mol. The lowest BCUT2D eigenvalue weighted by Gasteiger charge is -2.16. The second-order valence-electron chi connectivity index (χ2n) is 4.33. The maximum absolute atomic E-state index is 5.94. The van der Waals surface area contributed by atoms with E-state index in [4.69, 9.17) is 15.2 Å². The van der Waals surface area contributed by atoms with Gasteiger partial charge in [-0.25, -0.2) is 0 Å². The van der Waals surface area contributed by atoms with Crippen LogP contribution in [0, 0.1) is 0 Å². The first-order chi connectivity index (χ1) is 8.11. The van der Waals surface area contributed by atoms with Gasteiger partial charge in [-0.1, -0.05) is 0 Å². The SMILES string of the molecule is COc1ccc(OCCC(N)CN(C)C)cc1. The molecule has 1 aromatic carbocycles. The summed E-state index contributed by atoms with van der Waals surface area (Å²) in [6.45, 7) is 1.52. The van der Waals surface area contributed by atoms with Gasteiger partial charge in [-0.05, 0) is 44.8 Å². The first-order valence-corrected chi connectivity index (χ1v) is 5.79. The Morgan fingerprint density at radius 1 is 1.18 bits per heavy atom. The molecule has 1 atom stereocenters. The summed E-state index contributed by atoms with van der Waals surface area (Å²) in [5, 5.41) is 0. The minimum absolute atomic E-state index is 0.156. The third kappa shape index (κ3) is 5.56. The molecule has 4 nitrogen and oxygen atoms in total. The van der Waals surface area contributed by atoms with Crippen molar-refractivity contribution in [2.45, 2.75) is 12.5 Å². The average molecular weight is 238 g/mol. The molecule has 1 rings (SSSR count). The second kappa shape index (κ2) is 7.14. The smallest absolute Gasteiger partial charge is 0.119 e. The van der Waals surface area contributed by atoms with Crippen molar-refractivity contribution < 1.29 is 9.47 Å². The molecule has 0 saturated heterocycles. The van der Waals surface area contributed by atoms with E-state index in [9.17, 15) is 0 Å². The lowest BCUT2D eigenvalue weighted by Crippen LogP contribution is -2.34. The standard InChI is InChI=1S/C13H22N2O2/c1-15(2)10-11(14)8-9-17-13-6-4-12(16-3)5-7-13/h4-7,11H,8-10,14H2,1-3H3. The molecule has 0 aromatic heterocycles. The van der Waals surface area contributed by atoms with Crippen LogP contribution < -0.4 is 15.2 Å². The van der Waals surface area contributed by atoms with Crippen LogP contribution in [0.4, 0.5) is 0 Å². The molecule has 0 saturated carbocycles. The molecule has 0 aliphatic heterocycles. The zero-order chi connectivity index (χ0) is 12.7. The van der Waals surface area contributed by atoms with Crippen LogP contribution in [0.2, 0.25) is 0 Å². The molecular formula is C13H22N2O2. The fourth-order valence-electron chi connectivity index (χ4n) is 1.56. The van der Waals surface area contributed by atoms with Crippen molar-refractivity contribution in [3.63, 3.8) is 0 Å². The van der Waals surface area contributed by atoms with Gasteiger partial charge in [-0.3, -0.25) is 0 Å². The molecule has 96 valence electrons. The Morgan fingerprint density at radius 2 is 1.76 bits per heavy atom. The highest BCUT2D eigenvalue weighted by Gasteiger charge is 2.04. The Bertz CT molecular complexity index is 312. The topological polar surface area (TPSA) is 47.7 Å². The Balaban J connectivity index is 2.25. The number of ether oxygens (including phenoxy) is 2. The summed E-state index contributed by atoms with van der Waals surface area (Å²) in [5.41, 5.74) is 5.94. The number of hydrogen-bond acceptors (Lipinski definition) is 4. The van der Waals surface area contributed by atoms with Gasteiger partial charge in [0.25, 0.3) is 0 Å². The fraction of sp³-hybridized carbons (Fsp3) is 0.538. The van der Waals surface area contributed by atoms with Gasteiger partial charge in [0, 0.05) is 12.6 Å². The van der Waals surface area contributed by atoms with Crippen LogP contribution in [-0.2, 0) is 0 Å². The van der Waals surface area contributed by atoms with E-state index in [-0.39, 0.29) is 6.04 Å². The van der Waals surface area contributed by atoms with Gasteiger partial charge in [-0.2, -0.15) is 0 Å². The molecule has 1 aromatic rings. The lowest BCUT2D eigenvalue weighted by atomic mass is 10.2. The quantitative estimate of drug-likeness (QED) is 0.779. The summed E-state index contributed by atoms with van der Waals surface area (Å²) in [4.78, 5) is 2.08. The molecule has 17 heavy (non-hydrogen) atoms. The molecule has 0 heterocycles. The van der Waals surface area contributed by atoms with Gasteiger partial charge in [0.15, 0.2) is 0 Å². The second-order valence-corrected chi connectivity index (χ2v) is 4.33. The summed E-state index contributed by atoms with van der Waals surface area (Å²) in [6.07, 6.45) is 0.851. The number of methoxy groups -OCH3 is 1. The molecule has 0 fully saturated rings. The van der Waals surface area contributed by atoms with Crippen molar-refractivity contribution in [3.05, 3.63) is 24.3 Å². The molecule has 0 spiro atoms. The summed E-state index contributed by atoms with van der Waals surface area (Å²) in [5.74, 6) is 1.68. The normalized spacial score (nSPS) is 12.5. The van der Waals surface area contributed by atoms with Crippen LogP contribution in [0.5, 0.6) is 11.5 Å². The first kappa shape index (κ1) is 13.8. The number of benzene rings is 1.